The molecule has 29 heavy (non-hydrogen) atoms. The first kappa shape index (κ1) is 22.6. The monoisotopic (exact) mass is 402 g/mol. The Bertz CT molecular complexity index is 789. The third-order valence-corrected chi connectivity index (χ3v) is 4.98. The van der Waals surface area contributed by atoms with Crippen LogP contribution in [0.3, 0.4) is 0 Å². The normalized spacial score (nSPS) is 16.1. The predicted molar refractivity (Wildman–Crippen MR) is 109 cm³/mol. The Hall–Kier alpha value is -2.70. The van der Waals surface area contributed by atoms with Gasteiger partial charge >= 0.3 is 5.97 Å². The van der Waals surface area contributed by atoms with Crippen molar-refractivity contribution in [1.29, 1.82) is 0 Å². The SMILES string of the molecule is CC(=O)c1ccccc1NC(=O)[C@H](C)OC(=O)C1CCN(C(=O)C(C)(C)C)CC1. The lowest BCUT2D eigenvalue weighted by Crippen LogP contribution is -2.45. The molecule has 0 aromatic heterocycles. The number of esters is 1. The number of nitrogens with zero attached hydrogens (tertiary/aromatic N) is 1. The molecular weight excluding hydrogens is 372 g/mol. The molecule has 1 aromatic rings. The highest BCUT2D eigenvalue weighted by molar-refractivity contribution is 6.04. The van der Waals surface area contributed by atoms with Crippen molar-refractivity contribution in [2.24, 2.45) is 11.3 Å². The lowest BCUT2D eigenvalue weighted by atomic mass is 9.91. The largest absolute Gasteiger partial charge is 0.452 e. The number of likely N-dealkylation sites (tertiary alicyclic amines) is 1. The Morgan fingerprint density at radius 3 is 2.24 bits per heavy atom. The molecular formula is C22H30N2O5. The maximum absolute atomic E-state index is 12.5. The summed E-state index contributed by atoms with van der Waals surface area (Å²) in [5.41, 5.74) is 0.341. The number of anilines is 1. The first-order valence-corrected chi connectivity index (χ1v) is 9.91. The van der Waals surface area contributed by atoms with E-state index in [0.29, 0.717) is 37.2 Å². The van der Waals surface area contributed by atoms with Gasteiger partial charge in [-0.15, -0.1) is 0 Å². The number of carbonyl (C=O) groups excluding carboxylic acids is 4. The maximum atomic E-state index is 12.5. The van der Waals surface area contributed by atoms with Gasteiger partial charge in [0, 0.05) is 24.1 Å². The van der Waals surface area contributed by atoms with Crippen LogP contribution in [0, 0.1) is 11.3 Å². The second-order valence-corrected chi connectivity index (χ2v) is 8.49. The molecule has 0 bridgehead atoms. The van der Waals surface area contributed by atoms with Crippen molar-refractivity contribution in [2.75, 3.05) is 18.4 Å². The van der Waals surface area contributed by atoms with Gasteiger partial charge in [0.05, 0.1) is 11.6 Å². The summed E-state index contributed by atoms with van der Waals surface area (Å²) in [7, 11) is 0. The van der Waals surface area contributed by atoms with Crippen LogP contribution in [0.1, 0.15) is 57.8 Å². The maximum Gasteiger partial charge on any atom is 0.309 e. The van der Waals surface area contributed by atoms with Gasteiger partial charge in [0.15, 0.2) is 11.9 Å². The molecule has 0 spiro atoms. The quantitative estimate of drug-likeness (QED) is 0.604. The van der Waals surface area contributed by atoms with E-state index < -0.39 is 23.4 Å². The molecule has 7 heteroatoms. The number of Topliss-reactive ketones (excluding diaryl/α,β-unsaturated/α-hetero) is 1. The van der Waals surface area contributed by atoms with E-state index in [1.165, 1.54) is 13.8 Å². The number of benzene rings is 1. The average molecular weight is 402 g/mol. The third kappa shape index (κ3) is 5.89. The minimum Gasteiger partial charge on any atom is -0.452 e. The zero-order chi connectivity index (χ0) is 21.8. The van der Waals surface area contributed by atoms with Gasteiger partial charge in [-0.25, -0.2) is 0 Å². The van der Waals surface area contributed by atoms with Crippen LogP contribution in [0.4, 0.5) is 5.69 Å². The van der Waals surface area contributed by atoms with Gasteiger partial charge in [-0.3, -0.25) is 19.2 Å². The lowest BCUT2D eigenvalue weighted by molar-refractivity contribution is -0.160. The molecule has 0 saturated carbocycles. The fourth-order valence-corrected chi connectivity index (χ4v) is 3.25. The highest BCUT2D eigenvalue weighted by Crippen LogP contribution is 2.25. The molecule has 1 heterocycles. The summed E-state index contributed by atoms with van der Waals surface area (Å²) in [6, 6.07) is 6.68. The molecule has 2 amide bonds. The van der Waals surface area contributed by atoms with E-state index in [0.717, 1.165) is 0 Å². The zero-order valence-electron chi connectivity index (χ0n) is 17.8. The van der Waals surface area contributed by atoms with Crippen molar-refractivity contribution in [2.45, 2.75) is 53.6 Å². The molecule has 2 rings (SSSR count). The zero-order valence-corrected chi connectivity index (χ0v) is 17.8. The average Bonchev–Trinajstić information content (AvgIpc) is 2.66. The minimum atomic E-state index is -0.989. The van der Waals surface area contributed by atoms with Crippen molar-refractivity contribution in [3.8, 4) is 0 Å². The van der Waals surface area contributed by atoms with Gasteiger partial charge in [-0.2, -0.15) is 0 Å². The Morgan fingerprint density at radius 2 is 1.69 bits per heavy atom. The Kier molecular flexibility index (Phi) is 7.16. The first-order valence-electron chi connectivity index (χ1n) is 9.91. The van der Waals surface area contributed by atoms with Crippen molar-refractivity contribution in [1.82, 2.24) is 4.90 Å². The fourth-order valence-electron chi connectivity index (χ4n) is 3.25. The smallest absolute Gasteiger partial charge is 0.309 e. The number of hydrogen-bond acceptors (Lipinski definition) is 5. The minimum absolute atomic E-state index is 0.0706. The van der Waals surface area contributed by atoms with Crippen molar-refractivity contribution in [3.63, 3.8) is 0 Å². The molecule has 1 aromatic carbocycles. The van der Waals surface area contributed by atoms with Gasteiger partial charge in [0.1, 0.15) is 0 Å². The summed E-state index contributed by atoms with van der Waals surface area (Å²) in [5.74, 6) is -1.36. The summed E-state index contributed by atoms with van der Waals surface area (Å²) in [6.45, 7) is 9.55. The highest BCUT2D eigenvalue weighted by Gasteiger charge is 2.34. The number of rotatable bonds is 5. The van der Waals surface area contributed by atoms with Gasteiger partial charge in [-0.1, -0.05) is 32.9 Å². The van der Waals surface area contributed by atoms with E-state index >= 15 is 0 Å². The van der Waals surface area contributed by atoms with Gasteiger partial charge < -0.3 is 15.0 Å². The van der Waals surface area contributed by atoms with Gasteiger partial charge in [0.2, 0.25) is 5.91 Å². The van der Waals surface area contributed by atoms with Crippen LogP contribution >= 0.6 is 0 Å². The van der Waals surface area contributed by atoms with Crippen LogP contribution in [0.15, 0.2) is 24.3 Å². The summed E-state index contributed by atoms with van der Waals surface area (Å²) < 4.78 is 5.35. The Labute approximate surface area is 171 Å². The molecule has 0 radical (unpaired) electrons. The molecule has 1 aliphatic rings. The summed E-state index contributed by atoms with van der Waals surface area (Å²) in [4.78, 5) is 50.7. The molecule has 0 unspecified atom stereocenters. The van der Waals surface area contributed by atoms with Crippen LogP contribution in [0.25, 0.3) is 0 Å². The molecule has 1 saturated heterocycles. The lowest BCUT2D eigenvalue weighted by Gasteiger charge is -2.35. The number of ketones is 1. The summed E-state index contributed by atoms with van der Waals surface area (Å²) in [6.07, 6.45) is 0.0429. The number of ether oxygens (including phenoxy) is 1. The van der Waals surface area contributed by atoms with Gasteiger partial charge in [-0.05, 0) is 38.8 Å². The molecule has 1 N–H and O–H groups in total. The van der Waals surface area contributed by atoms with Crippen molar-refractivity contribution in [3.05, 3.63) is 29.8 Å². The van der Waals surface area contributed by atoms with Crippen molar-refractivity contribution < 1.29 is 23.9 Å². The Morgan fingerprint density at radius 1 is 1.10 bits per heavy atom. The van der Waals surface area contributed by atoms with E-state index in [-0.39, 0.29) is 17.6 Å². The molecule has 1 fully saturated rings. The molecule has 1 atom stereocenters. The number of carbonyl (C=O) groups is 4. The number of piperidine rings is 1. The number of hydrogen-bond donors (Lipinski definition) is 1. The van der Waals surface area contributed by atoms with Crippen LogP contribution < -0.4 is 5.32 Å². The van der Waals surface area contributed by atoms with E-state index in [9.17, 15) is 19.2 Å². The second kappa shape index (κ2) is 9.20. The molecule has 0 aliphatic carbocycles. The predicted octanol–water partition coefficient (Wildman–Crippen LogP) is 3.04. The fraction of sp³-hybridized carbons (Fsp3) is 0.545. The number of para-hydroxylation sites is 1. The summed E-state index contributed by atoms with van der Waals surface area (Å²) in [5, 5.41) is 2.65. The standard InChI is InChI=1S/C22H30N2O5/c1-14(25)17-8-6-7-9-18(17)23-19(26)15(2)29-20(27)16-10-12-24(13-11-16)21(28)22(3,4)5/h6-9,15-16H,10-13H2,1-5H3,(H,23,26)/t15-/m0/s1. The molecule has 7 nitrogen and oxygen atoms in total. The van der Waals surface area contributed by atoms with E-state index in [2.05, 4.69) is 5.32 Å². The third-order valence-electron chi connectivity index (χ3n) is 4.98. The molecule has 158 valence electrons. The Balaban J connectivity index is 1.89. The summed E-state index contributed by atoms with van der Waals surface area (Å²) >= 11 is 0. The number of nitrogens with one attached hydrogen (secondary N) is 1. The van der Waals surface area contributed by atoms with Gasteiger partial charge in [0.25, 0.3) is 5.91 Å². The van der Waals surface area contributed by atoms with Crippen LogP contribution in [0.5, 0.6) is 0 Å². The van der Waals surface area contributed by atoms with Crippen LogP contribution in [-0.2, 0) is 19.1 Å². The van der Waals surface area contributed by atoms with Crippen molar-refractivity contribution >= 4 is 29.3 Å². The van der Waals surface area contributed by atoms with Crippen LogP contribution in [-0.4, -0.2) is 47.7 Å². The second-order valence-electron chi connectivity index (χ2n) is 8.49. The highest BCUT2D eigenvalue weighted by atomic mass is 16.5. The number of amides is 2. The first-order chi connectivity index (χ1) is 13.5. The van der Waals surface area contributed by atoms with E-state index in [1.807, 2.05) is 20.8 Å². The van der Waals surface area contributed by atoms with E-state index in [4.69, 9.17) is 4.74 Å². The van der Waals surface area contributed by atoms with Crippen LogP contribution in [0.2, 0.25) is 0 Å². The topological polar surface area (TPSA) is 92.8 Å². The molecule has 1 aliphatic heterocycles. The van der Waals surface area contributed by atoms with E-state index in [1.54, 1.807) is 29.2 Å².